The zero-order valence-corrected chi connectivity index (χ0v) is 11.3. The largest absolute Gasteiger partial charge is 0.369 e. The molecule has 3 nitrogen and oxygen atoms in total. The summed E-state index contributed by atoms with van der Waals surface area (Å²) in [6.45, 7) is 0. The third-order valence-electron chi connectivity index (χ3n) is 1.86. The topological polar surface area (TPSA) is 43.8 Å². The van der Waals surface area contributed by atoms with Gasteiger partial charge in [0.15, 0.2) is 0 Å². The molecule has 0 unspecified atom stereocenters. The molecule has 0 fully saturated rings. The van der Waals surface area contributed by atoms with Crippen molar-refractivity contribution in [1.29, 1.82) is 0 Å². The lowest BCUT2D eigenvalue weighted by Crippen LogP contribution is -1.96. The van der Waals surface area contributed by atoms with E-state index in [9.17, 15) is 0 Å². The average molecular weight is 337 g/mol. The highest BCUT2D eigenvalue weighted by Gasteiger charge is 2.13. The molecule has 0 aliphatic heterocycles. The molecule has 74 valence electrons. The van der Waals surface area contributed by atoms with E-state index in [1.54, 1.807) is 11.3 Å². The summed E-state index contributed by atoms with van der Waals surface area (Å²) < 4.78 is 3.78. The fraction of sp³-hybridized carbons (Fsp3) is 0.125. The quantitative estimate of drug-likeness (QED) is 0.868. The first-order chi connectivity index (χ1) is 6.59. The third-order valence-corrected chi connectivity index (χ3v) is 4.47. The molecule has 0 aromatic carbocycles. The molecule has 6 heteroatoms. The van der Waals surface area contributed by atoms with Crippen molar-refractivity contribution in [3.63, 3.8) is 0 Å². The number of halogens is 2. The highest BCUT2D eigenvalue weighted by Crippen LogP contribution is 2.34. The van der Waals surface area contributed by atoms with Gasteiger partial charge in [-0.2, -0.15) is 0 Å². The molecule has 2 rings (SSSR count). The average Bonchev–Trinajstić information content (AvgIpc) is 2.66. The fourth-order valence-corrected chi connectivity index (χ4v) is 3.12. The smallest absolute Gasteiger partial charge is 0.201 e. The Balaban J connectivity index is 2.57. The zero-order valence-electron chi connectivity index (χ0n) is 7.29. The van der Waals surface area contributed by atoms with Crippen LogP contribution in [0, 0.1) is 0 Å². The lowest BCUT2D eigenvalue weighted by atomic mass is 10.4. The minimum Gasteiger partial charge on any atom is -0.369 e. The van der Waals surface area contributed by atoms with Gasteiger partial charge in [-0.1, -0.05) is 0 Å². The van der Waals surface area contributed by atoms with Crippen molar-refractivity contribution >= 4 is 49.1 Å². The van der Waals surface area contributed by atoms with Crippen molar-refractivity contribution < 1.29 is 0 Å². The molecule has 14 heavy (non-hydrogen) atoms. The lowest BCUT2D eigenvalue weighted by molar-refractivity contribution is 0.907. The van der Waals surface area contributed by atoms with Crippen LogP contribution in [-0.2, 0) is 7.05 Å². The lowest BCUT2D eigenvalue weighted by Gasteiger charge is -1.94. The molecule has 2 N–H and O–H groups in total. The van der Waals surface area contributed by atoms with Crippen LogP contribution in [0.2, 0.25) is 0 Å². The number of hydrogen-bond donors (Lipinski definition) is 1. The molecule has 0 saturated heterocycles. The maximum absolute atomic E-state index is 5.70. The Bertz CT molecular complexity index is 475. The molecule has 0 saturated carbocycles. The van der Waals surface area contributed by atoms with Gasteiger partial charge in [-0.3, -0.25) is 0 Å². The van der Waals surface area contributed by atoms with E-state index < -0.39 is 0 Å². The summed E-state index contributed by atoms with van der Waals surface area (Å²) in [6.07, 6.45) is 0. The Kier molecular flexibility index (Phi) is 2.68. The third kappa shape index (κ3) is 1.62. The number of hydrogen-bond acceptors (Lipinski definition) is 3. The van der Waals surface area contributed by atoms with Crippen molar-refractivity contribution in [1.82, 2.24) is 9.55 Å². The number of nitrogens with zero attached hydrogens (tertiary/aromatic N) is 2. The second-order valence-corrected chi connectivity index (χ2v) is 5.38. The van der Waals surface area contributed by atoms with Crippen molar-refractivity contribution in [2.45, 2.75) is 0 Å². The molecule has 0 spiro atoms. The van der Waals surface area contributed by atoms with Gasteiger partial charge in [0.1, 0.15) is 10.3 Å². The summed E-state index contributed by atoms with van der Waals surface area (Å²) in [7, 11) is 1.87. The molecule has 2 heterocycles. The molecular formula is C8H7Br2N3S. The van der Waals surface area contributed by atoms with E-state index in [1.807, 2.05) is 23.1 Å². The van der Waals surface area contributed by atoms with Crippen molar-refractivity contribution in [3.05, 3.63) is 20.5 Å². The van der Waals surface area contributed by atoms with Gasteiger partial charge in [0.25, 0.3) is 0 Å². The Morgan fingerprint density at radius 2 is 2.21 bits per heavy atom. The van der Waals surface area contributed by atoms with E-state index >= 15 is 0 Å². The number of nitrogens with two attached hydrogens (primary N) is 1. The van der Waals surface area contributed by atoms with Crippen LogP contribution in [0.4, 0.5) is 5.95 Å². The molecule has 0 aliphatic rings. The fourth-order valence-electron chi connectivity index (χ4n) is 1.09. The molecule has 0 aliphatic carbocycles. The molecule has 0 radical (unpaired) electrons. The molecule has 0 amide bonds. The number of thiophene rings is 1. The predicted octanol–water partition coefficient (Wildman–Crippen LogP) is 3.26. The minimum absolute atomic E-state index is 0.511. The van der Waals surface area contributed by atoms with E-state index in [0.717, 1.165) is 19.6 Å². The Hall–Kier alpha value is -0.330. The standard InChI is InChI=1S/C8H7Br2N3S/c1-13-7(10)6(12-8(13)11)5-2-4(9)3-14-5/h2-3H,1H3,(H2,11,12). The zero-order chi connectivity index (χ0) is 10.3. The van der Waals surface area contributed by atoms with Crippen LogP contribution in [0.25, 0.3) is 10.6 Å². The number of imidazole rings is 1. The minimum atomic E-state index is 0.511. The summed E-state index contributed by atoms with van der Waals surface area (Å²) in [4.78, 5) is 5.37. The van der Waals surface area contributed by atoms with Crippen LogP contribution in [0.3, 0.4) is 0 Å². The number of nitrogen functional groups attached to an aromatic ring is 1. The summed E-state index contributed by atoms with van der Waals surface area (Å²) in [5, 5.41) is 2.02. The second-order valence-electron chi connectivity index (χ2n) is 2.80. The first-order valence-corrected chi connectivity index (χ1v) is 6.28. The maximum atomic E-state index is 5.70. The van der Waals surface area contributed by atoms with Gasteiger partial charge in [-0.15, -0.1) is 11.3 Å². The molecular weight excluding hydrogens is 330 g/mol. The second kappa shape index (κ2) is 3.67. The van der Waals surface area contributed by atoms with Crippen LogP contribution in [0.1, 0.15) is 0 Å². The van der Waals surface area contributed by atoms with E-state index in [4.69, 9.17) is 5.73 Å². The molecule has 0 bridgehead atoms. The normalized spacial score (nSPS) is 10.8. The van der Waals surface area contributed by atoms with E-state index in [1.165, 1.54) is 0 Å². The van der Waals surface area contributed by atoms with Crippen LogP contribution in [0.15, 0.2) is 20.5 Å². The monoisotopic (exact) mass is 335 g/mol. The summed E-state index contributed by atoms with van der Waals surface area (Å²) in [5.41, 5.74) is 6.59. The van der Waals surface area contributed by atoms with Crippen molar-refractivity contribution in [2.75, 3.05) is 5.73 Å². The van der Waals surface area contributed by atoms with Gasteiger partial charge >= 0.3 is 0 Å². The summed E-state index contributed by atoms with van der Waals surface area (Å²) in [5.74, 6) is 0.511. The van der Waals surface area contributed by atoms with Gasteiger partial charge in [-0.25, -0.2) is 4.98 Å². The van der Waals surface area contributed by atoms with E-state index in [2.05, 4.69) is 36.8 Å². The van der Waals surface area contributed by atoms with Crippen LogP contribution < -0.4 is 5.73 Å². The van der Waals surface area contributed by atoms with Crippen LogP contribution in [-0.4, -0.2) is 9.55 Å². The molecule has 2 aromatic heterocycles. The van der Waals surface area contributed by atoms with Crippen LogP contribution >= 0.6 is 43.2 Å². The van der Waals surface area contributed by atoms with E-state index in [0.29, 0.717) is 5.95 Å². The first kappa shape index (κ1) is 10.2. The van der Waals surface area contributed by atoms with Gasteiger partial charge in [-0.05, 0) is 37.9 Å². The van der Waals surface area contributed by atoms with E-state index in [-0.39, 0.29) is 0 Å². The highest BCUT2D eigenvalue weighted by atomic mass is 79.9. The molecule has 2 aromatic rings. The molecule has 0 atom stereocenters. The maximum Gasteiger partial charge on any atom is 0.201 e. The van der Waals surface area contributed by atoms with Crippen molar-refractivity contribution in [2.24, 2.45) is 7.05 Å². The first-order valence-electron chi connectivity index (χ1n) is 3.81. The summed E-state index contributed by atoms with van der Waals surface area (Å²) in [6, 6.07) is 2.02. The Labute approximate surface area is 102 Å². The highest BCUT2D eigenvalue weighted by molar-refractivity contribution is 9.10. The number of rotatable bonds is 1. The predicted molar refractivity (Wildman–Crippen MR) is 66.3 cm³/mol. The van der Waals surface area contributed by atoms with Gasteiger partial charge in [0.2, 0.25) is 5.95 Å². The van der Waals surface area contributed by atoms with Gasteiger partial charge in [0.05, 0.1) is 4.88 Å². The SMILES string of the molecule is Cn1c(N)nc(-c2cc(Br)cs2)c1Br. The van der Waals surface area contributed by atoms with Crippen molar-refractivity contribution in [3.8, 4) is 10.6 Å². The Morgan fingerprint density at radius 1 is 1.50 bits per heavy atom. The number of anilines is 1. The number of aromatic nitrogens is 2. The summed E-state index contributed by atoms with van der Waals surface area (Å²) >= 11 is 8.50. The van der Waals surface area contributed by atoms with Crippen LogP contribution in [0.5, 0.6) is 0 Å². The van der Waals surface area contributed by atoms with Gasteiger partial charge < -0.3 is 10.3 Å². The Morgan fingerprint density at radius 3 is 2.64 bits per heavy atom. The van der Waals surface area contributed by atoms with Gasteiger partial charge in [0, 0.05) is 16.9 Å².